The van der Waals surface area contributed by atoms with Crippen molar-refractivity contribution in [3.05, 3.63) is 149 Å². The van der Waals surface area contributed by atoms with E-state index in [1.807, 2.05) is 78.9 Å². The first kappa shape index (κ1) is 41.3. The number of nitrogens with one attached hydrogen (secondary N) is 1. The van der Waals surface area contributed by atoms with Gasteiger partial charge >= 0.3 is 0 Å². The van der Waals surface area contributed by atoms with Gasteiger partial charge < -0.3 is 37.7 Å². The average molecular weight is 868 g/mol. The number of rotatable bonds is 15. The minimum Gasteiger partial charge on any atom is -0.497 e. The largest absolute Gasteiger partial charge is 0.497 e. The molecule has 0 aliphatic carbocycles. The van der Waals surface area contributed by atoms with Gasteiger partial charge in [-0.15, -0.1) is 0 Å². The maximum atomic E-state index is 13.6. The number of imidazole rings is 1. The second-order valence-corrected chi connectivity index (χ2v) is 18.5. The molecule has 0 amide bonds. The Hall–Kier alpha value is -5.03. The molecule has 0 radical (unpaired) electrons. The summed E-state index contributed by atoms with van der Waals surface area (Å²) in [7, 11) is -0.630. The molecule has 5 heterocycles. The second kappa shape index (κ2) is 17.4. The van der Waals surface area contributed by atoms with Gasteiger partial charge in [0.25, 0.3) is 14.1 Å². The first-order chi connectivity index (χ1) is 29.7. The zero-order valence-electron chi connectivity index (χ0n) is 33.8. The van der Waals surface area contributed by atoms with Crippen molar-refractivity contribution >= 4 is 29.5 Å². The highest BCUT2D eigenvalue weighted by atomic mass is 32.2. The molecule has 1 N–H and O–H groups in total. The lowest BCUT2D eigenvalue weighted by atomic mass is 9.80. The Morgan fingerprint density at radius 1 is 0.820 bits per heavy atom. The number of H-pyrrole nitrogens is 1. The van der Waals surface area contributed by atoms with Gasteiger partial charge in [0, 0.05) is 19.7 Å². The van der Waals surface area contributed by atoms with Crippen molar-refractivity contribution in [1.82, 2.24) is 24.2 Å². The topological polar surface area (TPSA) is 166 Å². The lowest BCUT2D eigenvalue weighted by Gasteiger charge is -2.37. The van der Waals surface area contributed by atoms with E-state index in [0.29, 0.717) is 23.7 Å². The number of methoxy groups -OCH3 is 3. The Balaban J connectivity index is 1.10. The number of aromatic nitrogens is 4. The predicted octanol–water partition coefficient (Wildman–Crippen LogP) is 6.01. The van der Waals surface area contributed by atoms with Gasteiger partial charge in [-0.1, -0.05) is 72.8 Å². The highest BCUT2D eigenvalue weighted by Crippen LogP contribution is 2.58. The van der Waals surface area contributed by atoms with Crippen LogP contribution in [0.2, 0.25) is 0 Å². The maximum Gasteiger partial charge on any atom is 0.278 e. The second-order valence-electron chi connectivity index (χ2n) is 15.1. The SMILES string of the molecule is COc1ccc(C(OC[C@H]2O[C@@H](n3cnc4c(=O)[nH]cnc43)[C@H](OC)[C@@H]2OP2O[C@H](CS(=O)(=O)c3ccccc3)[C@@H]3CCCN32)(c2ccccc2)c2ccc(OC)cc2)cc1. The maximum absolute atomic E-state index is 13.6. The molecule has 6 aromatic rings. The molecular weight excluding hydrogens is 822 g/mol. The summed E-state index contributed by atoms with van der Waals surface area (Å²) in [5, 5.41) is 0. The van der Waals surface area contributed by atoms with Gasteiger partial charge in [0.1, 0.15) is 35.4 Å². The first-order valence-corrected chi connectivity index (χ1v) is 22.8. The zero-order chi connectivity index (χ0) is 42.1. The Morgan fingerprint density at radius 2 is 1.46 bits per heavy atom. The van der Waals surface area contributed by atoms with Crippen molar-refractivity contribution < 1.29 is 41.1 Å². The minimum absolute atomic E-state index is 0.0208. The van der Waals surface area contributed by atoms with E-state index in [2.05, 4.69) is 19.6 Å². The van der Waals surface area contributed by atoms with E-state index in [1.165, 1.54) is 12.7 Å². The summed E-state index contributed by atoms with van der Waals surface area (Å²) in [6.45, 7) is 0.659. The van der Waals surface area contributed by atoms with E-state index < -0.39 is 60.2 Å². The summed E-state index contributed by atoms with van der Waals surface area (Å²) in [4.78, 5) is 24.4. The van der Waals surface area contributed by atoms with Crippen LogP contribution in [0.1, 0.15) is 35.8 Å². The number of sulfone groups is 1. The van der Waals surface area contributed by atoms with Crippen LogP contribution in [0, 0.1) is 0 Å². The van der Waals surface area contributed by atoms with Crippen LogP contribution in [0.5, 0.6) is 11.5 Å². The molecule has 2 aromatic heterocycles. The molecule has 3 aliphatic heterocycles. The number of aromatic amines is 1. The average Bonchev–Trinajstić information content (AvgIpc) is 4.10. The third-order valence-corrected chi connectivity index (χ3v) is 15.2. The van der Waals surface area contributed by atoms with Gasteiger partial charge in [-0.25, -0.2) is 23.1 Å². The van der Waals surface area contributed by atoms with Gasteiger partial charge in [0.15, 0.2) is 27.2 Å². The third-order valence-electron chi connectivity index (χ3n) is 11.7. The predicted molar refractivity (Wildman–Crippen MR) is 226 cm³/mol. The number of benzene rings is 4. The van der Waals surface area contributed by atoms with Gasteiger partial charge in [-0.3, -0.25) is 9.36 Å². The third kappa shape index (κ3) is 7.76. The van der Waals surface area contributed by atoms with Crippen LogP contribution < -0.4 is 15.0 Å². The first-order valence-electron chi connectivity index (χ1n) is 20.0. The molecule has 15 nitrogen and oxygen atoms in total. The standard InChI is InChI=1S/C44H46N5O10PS/c1-53-32-20-16-30(17-21-32)44(29-11-6-4-7-12-29,31-18-22-33(54-2)23-19-31)56-25-36-39(40(55-3)43(57-36)48-28-47-38-41(48)45-27-46-42(38)50)59-60-49-24-10-15-35(49)37(58-60)26-61(51,52)34-13-8-5-9-14-34/h4-9,11-14,16-23,27-28,35-37,39-40,43H,10,15,24-26H2,1-3H3,(H,45,46,50)/t35-,36+,37+,39+,40+,43+,60?/m0/s1. The number of ether oxygens (including phenoxy) is 5. The summed E-state index contributed by atoms with van der Waals surface area (Å²) in [6, 6.07) is 33.7. The van der Waals surface area contributed by atoms with Crippen LogP contribution in [-0.4, -0.2) is 103 Å². The summed E-state index contributed by atoms with van der Waals surface area (Å²) >= 11 is 0. The van der Waals surface area contributed by atoms with Crippen LogP contribution in [0.4, 0.5) is 0 Å². The van der Waals surface area contributed by atoms with Crippen molar-refractivity contribution in [1.29, 1.82) is 0 Å². The van der Waals surface area contributed by atoms with Gasteiger partial charge in [-0.2, -0.15) is 0 Å². The fourth-order valence-electron chi connectivity index (χ4n) is 8.65. The van der Waals surface area contributed by atoms with Crippen LogP contribution in [0.25, 0.3) is 11.2 Å². The van der Waals surface area contributed by atoms with Crippen molar-refractivity contribution in [2.24, 2.45) is 0 Å². The molecule has 3 aliphatic rings. The Kier molecular flexibility index (Phi) is 11.8. The van der Waals surface area contributed by atoms with Crippen molar-refractivity contribution in [3.63, 3.8) is 0 Å². The number of fused-ring (bicyclic) bond motifs is 2. The molecule has 3 fully saturated rings. The quantitative estimate of drug-likeness (QED) is 0.0944. The molecule has 0 spiro atoms. The van der Waals surface area contributed by atoms with Crippen LogP contribution in [0.3, 0.4) is 0 Å². The van der Waals surface area contributed by atoms with E-state index in [0.717, 1.165) is 29.5 Å². The smallest absolute Gasteiger partial charge is 0.278 e. The highest BCUT2D eigenvalue weighted by Gasteiger charge is 2.55. The molecule has 17 heteroatoms. The normalized spacial score (nSPS) is 24.3. The summed E-state index contributed by atoms with van der Waals surface area (Å²) in [6.07, 6.45) is 0.594. The molecule has 0 saturated carbocycles. The Labute approximate surface area is 354 Å². The van der Waals surface area contributed by atoms with Crippen LogP contribution >= 0.6 is 8.53 Å². The molecule has 7 atom stereocenters. The van der Waals surface area contributed by atoms with Gasteiger partial charge in [-0.05, 0) is 65.9 Å². The van der Waals surface area contributed by atoms with Gasteiger partial charge in [0.05, 0.1) is 50.2 Å². The number of hydrogen-bond donors (Lipinski definition) is 1. The molecule has 61 heavy (non-hydrogen) atoms. The molecule has 3 saturated heterocycles. The van der Waals surface area contributed by atoms with Crippen molar-refractivity contribution in [2.75, 3.05) is 40.2 Å². The molecule has 318 valence electrons. The van der Waals surface area contributed by atoms with E-state index in [4.69, 9.17) is 32.7 Å². The van der Waals surface area contributed by atoms with E-state index in [1.54, 1.807) is 56.2 Å². The van der Waals surface area contributed by atoms with Crippen molar-refractivity contribution in [3.8, 4) is 11.5 Å². The molecule has 0 bridgehead atoms. The molecular formula is C44H46N5O10PS. The van der Waals surface area contributed by atoms with E-state index in [-0.39, 0.29) is 28.8 Å². The number of nitrogens with zero attached hydrogens (tertiary/aromatic N) is 4. The van der Waals surface area contributed by atoms with E-state index >= 15 is 0 Å². The van der Waals surface area contributed by atoms with Crippen molar-refractivity contribution in [2.45, 2.75) is 60.0 Å². The molecule has 4 aromatic carbocycles. The van der Waals surface area contributed by atoms with E-state index in [9.17, 15) is 13.2 Å². The Morgan fingerprint density at radius 3 is 2.10 bits per heavy atom. The molecule has 9 rings (SSSR count). The van der Waals surface area contributed by atoms with Crippen LogP contribution in [-0.2, 0) is 38.7 Å². The lowest BCUT2D eigenvalue weighted by Crippen LogP contribution is -2.41. The fraction of sp³-hybridized carbons (Fsp3) is 0.341. The zero-order valence-corrected chi connectivity index (χ0v) is 35.5. The van der Waals surface area contributed by atoms with Gasteiger partial charge in [0.2, 0.25) is 0 Å². The summed E-state index contributed by atoms with van der Waals surface area (Å²) < 4.78 is 76.4. The Bertz CT molecular complexity index is 2550. The summed E-state index contributed by atoms with van der Waals surface area (Å²) in [5.74, 6) is 1.19. The fourth-order valence-corrected chi connectivity index (χ4v) is 12.3. The summed E-state index contributed by atoms with van der Waals surface area (Å²) in [5.41, 5.74) is 1.39. The van der Waals surface area contributed by atoms with Crippen LogP contribution in [0.15, 0.2) is 132 Å². The lowest BCUT2D eigenvalue weighted by molar-refractivity contribution is -0.0935. The highest BCUT2D eigenvalue weighted by molar-refractivity contribution is 7.91. The minimum atomic E-state index is -3.66. The molecule has 1 unspecified atom stereocenters. The number of hydrogen-bond acceptors (Lipinski definition) is 13. The monoisotopic (exact) mass is 867 g/mol.